The van der Waals surface area contributed by atoms with Gasteiger partial charge in [0.1, 0.15) is 16.7 Å². The van der Waals surface area contributed by atoms with Gasteiger partial charge in [-0.05, 0) is 52.2 Å². The molecule has 0 radical (unpaired) electrons. The van der Waals surface area contributed by atoms with E-state index in [4.69, 9.17) is 17.0 Å². The van der Waals surface area contributed by atoms with Crippen LogP contribution in [-0.4, -0.2) is 22.2 Å². The zero-order valence-electron chi connectivity index (χ0n) is 13.8. The van der Waals surface area contributed by atoms with Gasteiger partial charge in [0.2, 0.25) is 0 Å². The number of likely N-dealkylation sites (N-methyl/N-ethyl adjacent to an activating group) is 1. The second-order valence-electron chi connectivity index (χ2n) is 5.70. The van der Waals surface area contributed by atoms with Gasteiger partial charge in [-0.25, -0.2) is 0 Å². The first-order valence-corrected chi connectivity index (χ1v) is 9.65. The molecule has 1 aliphatic heterocycles. The minimum absolute atomic E-state index is 0.0641. The van der Waals surface area contributed by atoms with E-state index in [1.54, 1.807) is 7.05 Å². The molecule has 0 atom stereocenters. The van der Waals surface area contributed by atoms with E-state index in [9.17, 15) is 4.79 Å². The highest BCUT2D eigenvalue weighted by Crippen LogP contribution is 2.33. The molecule has 0 spiro atoms. The van der Waals surface area contributed by atoms with Crippen LogP contribution in [0.4, 0.5) is 0 Å². The second kappa shape index (κ2) is 7.72. The van der Waals surface area contributed by atoms with E-state index in [2.05, 4.69) is 47.1 Å². The number of aryl methyl sites for hydroxylation is 1. The lowest BCUT2D eigenvalue weighted by atomic mass is 10.1. The Kier molecular flexibility index (Phi) is 5.61. The van der Waals surface area contributed by atoms with Gasteiger partial charge in [-0.15, -0.1) is 0 Å². The molecule has 0 aromatic heterocycles. The van der Waals surface area contributed by atoms with Gasteiger partial charge in [0.15, 0.2) is 0 Å². The van der Waals surface area contributed by atoms with E-state index in [1.807, 2.05) is 24.3 Å². The molecule has 1 saturated heterocycles. The van der Waals surface area contributed by atoms with Gasteiger partial charge in [0, 0.05) is 7.05 Å². The summed E-state index contributed by atoms with van der Waals surface area (Å²) in [5.41, 5.74) is 3.27. The summed E-state index contributed by atoms with van der Waals surface area (Å²) >= 11 is 10.0. The minimum Gasteiger partial charge on any atom is -0.488 e. The molecule has 0 saturated carbocycles. The van der Waals surface area contributed by atoms with Crippen LogP contribution in [-0.2, 0) is 11.4 Å². The molecule has 25 heavy (non-hydrogen) atoms. The Labute approximate surface area is 165 Å². The second-order valence-corrected chi connectivity index (χ2v) is 8.23. The first-order valence-electron chi connectivity index (χ1n) is 7.63. The summed E-state index contributed by atoms with van der Waals surface area (Å²) in [5.74, 6) is 0.701. The number of benzene rings is 2. The predicted octanol–water partition coefficient (Wildman–Crippen LogP) is 5.17. The zero-order valence-corrected chi connectivity index (χ0v) is 17.0. The monoisotopic (exact) mass is 433 g/mol. The molecule has 2 aromatic rings. The molecule has 0 unspecified atom stereocenters. The van der Waals surface area contributed by atoms with Gasteiger partial charge in [-0.2, -0.15) is 0 Å². The third kappa shape index (κ3) is 4.32. The first kappa shape index (κ1) is 18.2. The number of amides is 1. The Morgan fingerprint density at radius 2 is 1.96 bits per heavy atom. The molecule has 0 bridgehead atoms. The zero-order chi connectivity index (χ0) is 18.0. The summed E-state index contributed by atoms with van der Waals surface area (Å²) in [5, 5.41) is 0. The van der Waals surface area contributed by atoms with Crippen molar-refractivity contribution in [1.82, 2.24) is 4.90 Å². The average molecular weight is 434 g/mol. The van der Waals surface area contributed by atoms with Gasteiger partial charge >= 0.3 is 0 Å². The maximum absolute atomic E-state index is 12.1. The lowest BCUT2D eigenvalue weighted by Crippen LogP contribution is -2.22. The molecule has 6 heteroatoms. The van der Waals surface area contributed by atoms with Crippen LogP contribution in [0.25, 0.3) is 6.08 Å². The van der Waals surface area contributed by atoms with Crippen LogP contribution < -0.4 is 4.74 Å². The standard InChI is InChI=1S/C19H16BrNO2S2/c1-12-3-5-13(6-4-12)11-23-16-8-7-14(9-15(16)20)10-17-18(22)21(2)19(24)25-17/h3-10H,11H2,1-2H3/b17-10+. The number of thioether (sulfide) groups is 1. The Morgan fingerprint density at radius 3 is 2.56 bits per heavy atom. The molecule has 1 aliphatic rings. The van der Waals surface area contributed by atoms with Crippen molar-refractivity contribution in [3.8, 4) is 5.75 Å². The molecule has 1 heterocycles. The van der Waals surface area contributed by atoms with Gasteiger partial charge in [0.25, 0.3) is 5.91 Å². The van der Waals surface area contributed by atoms with Crippen molar-refractivity contribution in [2.24, 2.45) is 0 Å². The number of rotatable bonds is 4. The van der Waals surface area contributed by atoms with E-state index in [1.165, 1.54) is 22.2 Å². The Bertz CT molecular complexity index is 862. The predicted molar refractivity (Wildman–Crippen MR) is 111 cm³/mol. The number of nitrogens with zero attached hydrogens (tertiary/aromatic N) is 1. The molecule has 2 aromatic carbocycles. The van der Waals surface area contributed by atoms with Gasteiger partial charge in [-0.3, -0.25) is 9.69 Å². The molecule has 1 amide bonds. The maximum Gasteiger partial charge on any atom is 0.265 e. The van der Waals surface area contributed by atoms with Crippen LogP contribution in [0.5, 0.6) is 5.75 Å². The van der Waals surface area contributed by atoms with Crippen molar-refractivity contribution in [3.05, 3.63) is 68.5 Å². The lowest BCUT2D eigenvalue weighted by molar-refractivity contribution is -0.121. The molecule has 0 N–H and O–H groups in total. The van der Waals surface area contributed by atoms with Crippen LogP contribution in [0, 0.1) is 6.92 Å². The van der Waals surface area contributed by atoms with Gasteiger partial charge in [-0.1, -0.05) is 59.9 Å². The van der Waals surface area contributed by atoms with Crippen LogP contribution in [0.3, 0.4) is 0 Å². The van der Waals surface area contributed by atoms with Crippen molar-refractivity contribution in [3.63, 3.8) is 0 Å². The first-order chi connectivity index (χ1) is 11.9. The largest absolute Gasteiger partial charge is 0.488 e. The minimum atomic E-state index is -0.0641. The molecule has 3 rings (SSSR count). The van der Waals surface area contributed by atoms with Crippen molar-refractivity contribution >= 4 is 56.2 Å². The maximum atomic E-state index is 12.1. The highest BCUT2D eigenvalue weighted by molar-refractivity contribution is 9.10. The summed E-state index contributed by atoms with van der Waals surface area (Å²) < 4.78 is 7.30. The average Bonchev–Trinajstić information content (AvgIpc) is 2.83. The number of hydrogen-bond acceptors (Lipinski definition) is 4. The van der Waals surface area contributed by atoms with Gasteiger partial charge < -0.3 is 4.74 Å². The van der Waals surface area contributed by atoms with E-state index in [0.29, 0.717) is 15.8 Å². The third-order valence-electron chi connectivity index (χ3n) is 3.76. The highest BCUT2D eigenvalue weighted by Gasteiger charge is 2.28. The summed E-state index contributed by atoms with van der Waals surface area (Å²) in [7, 11) is 1.69. The fourth-order valence-electron chi connectivity index (χ4n) is 2.27. The number of carbonyl (C=O) groups excluding carboxylic acids is 1. The van der Waals surface area contributed by atoms with Crippen molar-refractivity contribution < 1.29 is 9.53 Å². The van der Waals surface area contributed by atoms with E-state index in [0.717, 1.165) is 21.3 Å². The SMILES string of the molecule is Cc1ccc(COc2ccc(/C=C3/SC(=S)N(C)C3=O)cc2Br)cc1. The summed E-state index contributed by atoms with van der Waals surface area (Å²) in [6, 6.07) is 14.0. The van der Waals surface area contributed by atoms with Crippen LogP contribution in [0.1, 0.15) is 16.7 Å². The van der Waals surface area contributed by atoms with Crippen molar-refractivity contribution in [2.75, 3.05) is 7.05 Å². The number of ether oxygens (including phenoxy) is 1. The molecular weight excluding hydrogens is 418 g/mol. The molecule has 1 fully saturated rings. The Balaban J connectivity index is 1.72. The molecule has 3 nitrogen and oxygen atoms in total. The van der Waals surface area contributed by atoms with Crippen molar-refractivity contribution in [1.29, 1.82) is 0 Å². The Morgan fingerprint density at radius 1 is 1.24 bits per heavy atom. The topological polar surface area (TPSA) is 29.5 Å². The third-order valence-corrected chi connectivity index (χ3v) is 5.86. The molecular formula is C19H16BrNO2S2. The number of thiocarbonyl (C=S) groups is 1. The molecule has 0 aliphatic carbocycles. The quantitative estimate of drug-likeness (QED) is 0.491. The van der Waals surface area contributed by atoms with E-state index >= 15 is 0 Å². The summed E-state index contributed by atoms with van der Waals surface area (Å²) in [6.07, 6.45) is 1.84. The summed E-state index contributed by atoms with van der Waals surface area (Å²) in [6.45, 7) is 2.57. The summed E-state index contributed by atoms with van der Waals surface area (Å²) in [4.78, 5) is 14.2. The smallest absolute Gasteiger partial charge is 0.265 e. The van der Waals surface area contributed by atoms with Crippen LogP contribution in [0.2, 0.25) is 0 Å². The van der Waals surface area contributed by atoms with E-state index in [-0.39, 0.29) is 5.91 Å². The Hall–Kier alpha value is -1.63. The normalized spacial score (nSPS) is 16.0. The lowest BCUT2D eigenvalue weighted by Gasteiger charge is -2.09. The fraction of sp³-hybridized carbons (Fsp3) is 0.158. The van der Waals surface area contributed by atoms with Crippen LogP contribution in [0.15, 0.2) is 51.8 Å². The van der Waals surface area contributed by atoms with Crippen LogP contribution >= 0.6 is 39.9 Å². The van der Waals surface area contributed by atoms with Gasteiger partial charge in [0.05, 0.1) is 9.38 Å². The fourth-order valence-corrected chi connectivity index (χ4v) is 3.96. The number of hydrogen-bond donors (Lipinski definition) is 0. The van der Waals surface area contributed by atoms with E-state index < -0.39 is 0 Å². The number of halogens is 1. The molecule has 128 valence electrons. The number of carbonyl (C=O) groups is 1. The van der Waals surface area contributed by atoms with Crippen molar-refractivity contribution in [2.45, 2.75) is 13.5 Å². The highest BCUT2D eigenvalue weighted by atomic mass is 79.9.